The monoisotopic (exact) mass is 367 g/mol. The minimum absolute atomic E-state index is 0.258. The molecule has 4 rings (SSSR count). The van der Waals surface area contributed by atoms with Gasteiger partial charge in [0.15, 0.2) is 0 Å². The van der Waals surface area contributed by atoms with Crippen molar-refractivity contribution in [1.82, 2.24) is 24.9 Å². The van der Waals surface area contributed by atoms with Crippen molar-refractivity contribution in [3.63, 3.8) is 0 Å². The molecule has 2 aromatic heterocycles. The van der Waals surface area contributed by atoms with Crippen LogP contribution in [0.2, 0.25) is 0 Å². The van der Waals surface area contributed by atoms with Gasteiger partial charge in [-0.05, 0) is 43.7 Å². The number of carbonyl (C=O) groups excluding carboxylic acids is 1. The van der Waals surface area contributed by atoms with Crippen LogP contribution in [0.25, 0.3) is 11.4 Å². The summed E-state index contributed by atoms with van der Waals surface area (Å²) >= 11 is 0. The lowest BCUT2D eigenvalue weighted by molar-refractivity contribution is -0.138. The normalized spacial score (nSPS) is 21.8. The topological polar surface area (TPSA) is 63.9 Å². The Balaban J connectivity index is 1.36. The average molecular weight is 367 g/mol. The summed E-state index contributed by atoms with van der Waals surface area (Å²) in [4.78, 5) is 19.4. The van der Waals surface area contributed by atoms with E-state index in [0.29, 0.717) is 11.8 Å². The van der Waals surface area contributed by atoms with Gasteiger partial charge in [-0.2, -0.15) is 0 Å². The molecule has 2 fully saturated rings. The standard InChI is InChI=1S/C21H29N5O/c27-21(18-9-3-1-2-4-10-18)25-13-7-8-17(14-25)15-26-16-20(23-24-26)19-11-5-6-12-22-19/h5-6,11-12,16-18H,1-4,7-10,13-15H2. The first kappa shape index (κ1) is 18.1. The van der Waals surface area contributed by atoms with Gasteiger partial charge in [0.2, 0.25) is 5.91 Å². The van der Waals surface area contributed by atoms with E-state index in [-0.39, 0.29) is 5.92 Å². The predicted octanol–water partition coefficient (Wildman–Crippen LogP) is 3.55. The maximum absolute atomic E-state index is 13.0. The number of pyridine rings is 1. The second-order valence-electron chi connectivity index (χ2n) is 8.02. The van der Waals surface area contributed by atoms with Crippen LogP contribution >= 0.6 is 0 Å². The second-order valence-corrected chi connectivity index (χ2v) is 8.02. The zero-order valence-corrected chi connectivity index (χ0v) is 16.0. The van der Waals surface area contributed by atoms with Gasteiger partial charge in [-0.3, -0.25) is 14.5 Å². The Kier molecular flexibility index (Phi) is 5.80. The van der Waals surface area contributed by atoms with Crippen LogP contribution in [0.15, 0.2) is 30.6 Å². The molecule has 6 heteroatoms. The molecule has 1 aliphatic carbocycles. The molecule has 1 atom stereocenters. The lowest BCUT2D eigenvalue weighted by atomic mass is 9.94. The van der Waals surface area contributed by atoms with Gasteiger partial charge in [0, 0.05) is 31.7 Å². The quantitative estimate of drug-likeness (QED) is 0.775. The Labute approximate surface area is 161 Å². The molecule has 144 valence electrons. The van der Waals surface area contributed by atoms with E-state index < -0.39 is 0 Å². The van der Waals surface area contributed by atoms with E-state index >= 15 is 0 Å². The highest BCUT2D eigenvalue weighted by atomic mass is 16.2. The van der Waals surface area contributed by atoms with Crippen LogP contribution in [-0.4, -0.2) is 43.9 Å². The Morgan fingerprint density at radius 3 is 2.67 bits per heavy atom. The van der Waals surface area contributed by atoms with Crippen LogP contribution in [0.4, 0.5) is 0 Å². The summed E-state index contributed by atoms with van der Waals surface area (Å²) in [5, 5.41) is 8.54. The average Bonchev–Trinajstić information content (AvgIpc) is 3.00. The number of amides is 1. The lowest BCUT2D eigenvalue weighted by Gasteiger charge is -2.34. The highest BCUT2D eigenvalue weighted by Gasteiger charge is 2.29. The van der Waals surface area contributed by atoms with E-state index in [1.54, 1.807) is 6.20 Å². The molecule has 1 aliphatic heterocycles. The van der Waals surface area contributed by atoms with E-state index in [1.165, 1.54) is 25.7 Å². The minimum Gasteiger partial charge on any atom is -0.342 e. The molecule has 0 N–H and O–H groups in total. The number of hydrogen-bond donors (Lipinski definition) is 0. The van der Waals surface area contributed by atoms with Crippen LogP contribution < -0.4 is 0 Å². The third-order valence-electron chi connectivity index (χ3n) is 5.95. The fraction of sp³-hybridized carbons (Fsp3) is 0.619. The number of nitrogens with zero attached hydrogens (tertiary/aromatic N) is 5. The summed E-state index contributed by atoms with van der Waals surface area (Å²) in [6.45, 7) is 2.59. The number of hydrogen-bond acceptors (Lipinski definition) is 4. The highest BCUT2D eigenvalue weighted by Crippen LogP contribution is 2.27. The molecular weight excluding hydrogens is 338 g/mol. The van der Waals surface area contributed by atoms with E-state index in [0.717, 1.165) is 56.7 Å². The third-order valence-corrected chi connectivity index (χ3v) is 5.95. The molecule has 1 saturated heterocycles. The van der Waals surface area contributed by atoms with Crippen LogP contribution in [0.5, 0.6) is 0 Å². The van der Waals surface area contributed by atoms with Gasteiger partial charge < -0.3 is 4.90 Å². The van der Waals surface area contributed by atoms with Crippen molar-refractivity contribution in [3.05, 3.63) is 30.6 Å². The Hall–Kier alpha value is -2.24. The summed E-state index contributed by atoms with van der Waals surface area (Å²) in [5.74, 6) is 1.11. The largest absolute Gasteiger partial charge is 0.342 e. The maximum atomic E-state index is 13.0. The summed E-state index contributed by atoms with van der Waals surface area (Å²) in [6.07, 6.45) is 13.1. The smallest absolute Gasteiger partial charge is 0.225 e. The lowest BCUT2D eigenvalue weighted by Crippen LogP contribution is -2.44. The van der Waals surface area contributed by atoms with Crippen molar-refractivity contribution in [3.8, 4) is 11.4 Å². The van der Waals surface area contributed by atoms with Crippen molar-refractivity contribution >= 4 is 5.91 Å². The first-order chi connectivity index (χ1) is 13.3. The molecule has 6 nitrogen and oxygen atoms in total. The Bertz CT molecular complexity index is 736. The first-order valence-corrected chi connectivity index (χ1v) is 10.4. The molecular formula is C21H29N5O. The molecule has 0 spiro atoms. The van der Waals surface area contributed by atoms with E-state index in [2.05, 4.69) is 20.2 Å². The summed E-state index contributed by atoms with van der Waals surface area (Å²) < 4.78 is 1.91. The first-order valence-electron chi connectivity index (χ1n) is 10.4. The van der Waals surface area contributed by atoms with Gasteiger partial charge in [-0.15, -0.1) is 5.10 Å². The van der Waals surface area contributed by atoms with Gasteiger partial charge in [0.05, 0.1) is 11.9 Å². The minimum atomic E-state index is 0.258. The molecule has 1 saturated carbocycles. The molecule has 3 heterocycles. The fourth-order valence-corrected chi connectivity index (χ4v) is 4.48. The van der Waals surface area contributed by atoms with Gasteiger partial charge in [0.1, 0.15) is 5.69 Å². The highest BCUT2D eigenvalue weighted by molar-refractivity contribution is 5.79. The SMILES string of the molecule is O=C(C1CCCCCC1)N1CCCC(Cn2cc(-c3ccccn3)nn2)C1. The van der Waals surface area contributed by atoms with Crippen molar-refractivity contribution < 1.29 is 4.79 Å². The van der Waals surface area contributed by atoms with E-state index in [9.17, 15) is 4.79 Å². The number of rotatable bonds is 4. The van der Waals surface area contributed by atoms with Crippen LogP contribution in [0.1, 0.15) is 51.4 Å². The molecule has 1 unspecified atom stereocenters. The number of likely N-dealkylation sites (tertiary alicyclic amines) is 1. The van der Waals surface area contributed by atoms with Crippen molar-refractivity contribution in [2.45, 2.75) is 57.9 Å². The zero-order valence-electron chi connectivity index (χ0n) is 16.0. The molecule has 2 aliphatic rings. The van der Waals surface area contributed by atoms with Crippen molar-refractivity contribution in [2.75, 3.05) is 13.1 Å². The number of piperidine rings is 1. The molecule has 0 bridgehead atoms. The Morgan fingerprint density at radius 2 is 1.89 bits per heavy atom. The van der Waals surface area contributed by atoms with Gasteiger partial charge in [-0.25, -0.2) is 0 Å². The molecule has 0 radical (unpaired) electrons. The van der Waals surface area contributed by atoms with Crippen LogP contribution in [0, 0.1) is 11.8 Å². The molecule has 0 aromatic carbocycles. The summed E-state index contributed by atoms with van der Waals surface area (Å²) in [5.41, 5.74) is 1.65. The summed E-state index contributed by atoms with van der Waals surface area (Å²) in [7, 11) is 0. The molecule has 1 amide bonds. The second kappa shape index (κ2) is 8.63. The van der Waals surface area contributed by atoms with E-state index in [1.807, 2.05) is 29.1 Å². The van der Waals surface area contributed by atoms with Gasteiger partial charge >= 0.3 is 0 Å². The Morgan fingerprint density at radius 1 is 1.04 bits per heavy atom. The van der Waals surface area contributed by atoms with E-state index in [4.69, 9.17) is 0 Å². The van der Waals surface area contributed by atoms with Crippen molar-refractivity contribution in [2.24, 2.45) is 11.8 Å². The summed E-state index contributed by atoms with van der Waals surface area (Å²) in [6, 6.07) is 5.80. The number of carbonyl (C=O) groups is 1. The maximum Gasteiger partial charge on any atom is 0.225 e. The molecule has 2 aromatic rings. The fourth-order valence-electron chi connectivity index (χ4n) is 4.48. The van der Waals surface area contributed by atoms with Crippen LogP contribution in [-0.2, 0) is 11.3 Å². The van der Waals surface area contributed by atoms with Crippen molar-refractivity contribution in [1.29, 1.82) is 0 Å². The van der Waals surface area contributed by atoms with Crippen LogP contribution in [0.3, 0.4) is 0 Å². The predicted molar refractivity (Wildman–Crippen MR) is 104 cm³/mol. The van der Waals surface area contributed by atoms with Gasteiger partial charge in [-0.1, -0.05) is 37.0 Å². The molecule has 27 heavy (non-hydrogen) atoms. The zero-order chi connectivity index (χ0) is 18.5. The van der Waals surface area contributed by atoms with Gasteiger partial charge in [0.25, 0.3) is 0 Å². The number of aromatic nitrogens is 4. The third kappa shape index (κ3) is 4.54.